The number of carbonyl (C=O) groups excluding carboxylic acids is 1. The third-order valence-electron chi connectivity index (χ3n) is 3.57. The molecule has 1 amide bonds. The number of nitrogens with one attached hydrogen (secondary N) is 1. The Bertz CT molecular complexity index is 910. The second-order valence-corrected chi connectivity index (χ2v) is 5.46. The Morgan fingerprint density at radius 3 is 2.68 bits per heavy atom. The number of anilines is 1. The summed E-state index contributed by atoms with van der Waals surface area (Å²) < 4.78 is 5.94. The first kappa shape index (κ1) is 13.1. The van der Waals surface area contributed by atoms with Crippen LogP contribution in [0.1, 0.15) is 11.3 Å². The number of benzene rings is 2. The summed E-state index contributed by atoms with van der Waals surface area (Å²) >= 11 is 5.94. The number of nitrogens with zero attached hydrogens (tertiary/aromatic N) is 1. The van der Waals surface area contributed by atoms with Crippen molar-refractivity contribution in [3.8, 4) is 0 Å². The molecular formula is C17H11ClN2O2. The Labute approximate surface area is 131 Å². The molecule has 0 radical (unpaired) electrons. The molecule has 3 aromatic rings. The molecule has 2 aromatic carbocycles. The lowest BCUT2D eigenvalue weighted by Crippen LogP contribution is -2.13. The van der Waals surface area contributed by atoms with Gasteiger partial charge in [-0.2, -0.15) is 0 Å². The van der Waals surface area contributed by atoms with Crippen LogP contribution in [0.2, 0.25) is 5.02 Å². The topological polar surface area (TPSA) is 54.6 Å². The van der Waals surface area contributed by atoms with Gasteiger partial charge in [-0.15, -0.1) is 0 Å². The number of hydrogen-bond acceptors (Lipinski definition) is 3. The monoisotopic (exact) mass is 310 g/mol. The summed E-state index contributed by atoms with van der Waals surface area (Å²) in [4.78, 5) is 16.3. The molecule has 0 unspecified atom stereocenters. The molecule has 0 aliphatic carbocycles. The molecule has 5 heteroatoms. The molecule has 1 aliphatic rings. The molecule has 22 heavy (non-hydrogen) atoms. The second kappa shape index (κ2) is 5.00. The molecular weight excluding hydrogens is 300 g/mol. The van der Waals surface area contributed by atoms with Gasteiger partial charge in [0.05, 0.1) is 5.69 Å². The van der Waals surface area contributed by atoms with E-state index in [1.165, 1.54) is 0 Å². The molecule has 1 N–H and O–H groups in total. The highest BCUT2D eigenvalue weighted by atomic mass is 35.5. The number of rotatable bonds is 1. The van der Waals surface area contributed by atoms with E-state index in [4.69, 9.17) is 16.0 Å². The quantitative estimate of drug-likeness (QED) is 0.741. The van der Waals surface area contributed by atoms with Crippen molar-refractivity contribution in [1.29, 1.82) is 0 Å². The summed E-state index contributed by atoms with van der Waals surface area (Å²) in [6.07, 6.45) is 0. The molecule has 0 spiro atoms. The van der Waals surface area contributed by atoms with Gasteiger partial charge >= 0.3 is 0 Å². The van der Waals surface area contributed by atoms with Crippen LogP contribution in [-0.4, -0.2) is 18.2 Å². The van der Waals surface area contributed by atoms with Gasteiger partial charge in [0.2, 0.25) is 5.91 Å². The van der Waals surface area contributed by atoms with Crippen molar-refractivity contribution in [2.75, 3.05) is 11.9 Å². The minimum absolute atomic E-state index is 0.0660. The van der Waals surface area contributed by atoms with Crippen molar-refractivity contribution in [2.45, 2.75) is 0 Å². The highest BCUT2D eigenvalue weighted by Gasteiger charge is 2.24. The minimum Gasteiger partial charge on any atom is -0.452 e. The smallest absolute Gasteiger partial charge is 0.246 e. The number of halogens is 1. The molecule has 0 fully saturated rings. The van der Waals surface area contributed by atoms with Crippen LogP contribution in [0.4, 0.5) is 5.69 Å². The van der Waals surface area contributed by atoms with Gasteiger partial charge in [-0.3, -0.25) is 9.79 Å². The maximum atomic E-state index is 11.9. The number of carbonyl (C=O) groups is 1. The summed E-state index contributed by atoms with van der Waals surface area (Å²) in [7, 11) is 0. The van der Waals surface area contributed by atoms with Gasteiger partial charge in [0.25, 0.3) is 0 Å². The fourth-order valence-electron chi connectivity index (χ4n) is 2.57. The third kappa shape index (κ3) is 2.09. The highest BCUT2D eigenvalue weighted by Crippen LogP contribution is 2.34. The fraction of sp³-hybridized carbons (Fsp3) is 0.0588. The Morgan fingerprint density at radius 2 is 1.86 bits per heavy atom. The van der Waals surface area contributed by atoms with E-state index >= 15 is 0 Å². The number of fused-ring (bicyclic) bond motifs is 3. The molecule has 2 heterocycles. The zero-order valence-electron chi connectivity index (χ0n) is 11.5. The van der Waals surface area contributed by atoms with E-state index in [2.05, 4.69) is 10.3 Å². The van der Waals surface area contributed by atoms with Gasteiger partial charge in [0.1, 0.15) is 17.8 Å². The van der Waals surface area contributed by atoms with Gasteiger partial charge in [-0.05, 0) is 24.3 Å². The van der Waals surface area contributed by atoms with Crippen LogP contribution in [0.3, 0.4) is 0 Å². The average Bonchev–Trinajstić information content (AvgIpc) is 2.79. The number of para-hydroxylation sites is 1. The van der Waals surface area contributed by atoms with E-state index in [-0.39, 0.29) is 12.5 Å². The van der Waals surface area contributed by atoms with Gasteiger partial charge in [0.15, 0.2) is 5.76 Å². The van der Waals surface area contributed by atoms with Gasteiger partial charge < -0.3 is 9.73 Å². The first-order valence-corrected chi connectivity index (χ1v) is 7.22. The van der Waals surface area contributed by atoms with Crippen LogP contribution in [0, 0.1) is 0 Å². The molecule has 0 atom stereocenters. The Hall–Kier alpha value is -2.59. The van der Waals surface area contributed by atoms with Crippen LogP contribution < -0.4 is 5.32 Å². The molecule has 108 valence electrons. The van der Waals surface area contributed by atoms with Gasteiger partial charge in [-0.25, -0.2) is 0 Å². The van der Waals surface area contributed by atoms with E-state index in [1.807, 2.05) is 36.4 Å². The predicted octanol–water partition coefficient (Wildman–Crippen LogP) is 3.88. The second-order valence-electron chi connectivity index (χ2n) is 5.02. The Balaban J connectivity index is 1.97. The fourth-order valence-corrected chi connectivity index (χ4v) is 2.69. The molecule has 0 saturated carbocycles. The predicted molar refractivity (Wildman–Crippen MR) is 86.8 cm³/mol. The van der Waals surface area contributed by atoms with Crippen molar-refractivity contribution < 1.29 is 9.21 Å². The molecule has 1 aliphatic heterocycles. The average molecular weight is 311 g/mol. The molecule has 1 aromatic heterocycles. The highest BCUT2D eigenvalue weighted by molar-refractivity contribution is 6.31. The van der Waals surface area contributed by atoms with E-state index < -0.39 is 0 Å². The summed E-state index contributed by atoms with van der Waals surface area (Å²) in [5.74, 6) is 0.422. The summed E-state index contributed by atoms with van der Waals surface area (Å²) in [6, 6.07) is 14.9. The van der Waals surface area contributed by atoms with Crippen molar-refractivity contribution >= 4 is 39.9 Å². The Kier molecular flexibility index (Phi) is 2.98. The largest absolute Gasteiger partial charge is 0.452 e. The van der Waals surface area contributed by atoms with Crippen LogP contribution in [0.5, 0.6) is 0 Å². The van der Waals surface area contributed by atoms with Crippen LogP contribution >= 0.6 is 11.6 Å². The first-order valence-electron chi connectivity index (χ1n) is 6.84. The normalized spacial score (nSPS) is 14.2. The van der Waals surface area contributed by atoms with Gasteiger partial charge in [-0.1, -0.05) is 35.9 Å². The van der Waals surface area contributed by atoms with E-state index in [9.17, 15) is 4.79 Å². The van der Waals surface area contributed by atoms with Crippen LogP contribution in [0.25, 0.3) is 11.0 Å². The maximum Gasteiger partial charge on any atom is 0.246 e. The molecule has 4 nitrogen and oxygen atoms in total. The first-order chi connectivity index (χ1) is 10.7. The van der Waals surface area contributed by atoms with E-state index in [1.54, 1.807) is 12.1 Å². The SMILES string of the molecule is O=C1CN=C(c2ccc(Cl)cc2)c2oc3ccccc3c2N1. The number of aliphatic imine (C=N–C) groups is 1. The minimum atomic E-state index is -0.156. The zero-order valence-corrected chi connectivity index (χ0v) is 12.2. The van der Waals surface area contributed by atoms with E-state index in [0.29, 0.717) is 22.2 Å². The summed E-state index contributed by atoms with van der Waals surface area (Å²) in [5, 5.41) is 4.40. The zero-order chi connectivity index (χ0) is 15.1. The van der Waals surface area contributed by atoms with E-state index in [0.717, 1.165) is 16.5 Å². The molecule has 0 bridgehead atoms. The van der Waals surface area contributed by atoms with Crippen molar-refractivity contribution in [2.24, 2.45) is 4.99 Å². The van der Waals surface area contributed by atoms with Crippen molar-refractivity contribution in [3.63, 3.8) is 0 Å². The van der Waals surface area contributed by atoms with Crippen LogP contribution in [0.15, 0.2) is 57.9 Å². The van der Waals surface area contributed by atoms with Crippen LogP contribution in [-0.2, 0) is 4.79 Å². The lowest BCUT2D eigenvalue weighted by Gasteiger charge is -2.04. The molecule has 4 rings (SSSR count). The Morgan fingerprint density at radius 1 is 1.09 bits per heavy atom. The third-order valence-corrected chi connectivity index (χ3v) is 3.83. The summed E-state index contributed by atoms with van der Waals surface area (Å²) in [5.41, 5.74) is 2.91. The molecule has 0 saturated heterocycles. The number of hydrogen-bond donors (Lipinski definition) is 1. The lowest BCUT2D eigenvalue weighted by molar-refractivity contribution is -0.114. The number of furan rings is 1. The standard InChI is InChI=1S/C17H11ClN2O2/c18-11-7-5-10(6-8-11)15-17-16(20-14(21)9-19-15)12-3-1-2-4-13(12)22-17/h1-8H,9H2,(H,20,21). The van der Waals surface area contributed by atoms with Gasteiger partial charge in [0, 0.05) is 16.0 Å². The van der Waals surface area contributed by atoms with Crippen molar-refractivity contribution in [3.05, 3.63) is 64.9 Å². The van der Waals surface area contributed by atoms with Crippen molar-refractivity contribution in [1.82, 2.24) is 0 Å². The number of amides is 1. The summed E-state index contributed by atoms with van der Waals surface area (Å²) in [6.45, 7) is 0.0660. The maximum absolute atomic E-state index is 11.9. The lowest BCUT2D eigenvalue weighted by atomic mass is 10.1.